The third kappa shape index (κ3) is 5.37. The van der Waals surface area contributed by atoms with Crippen LogP contribution in [0.4, 0.5) is 0 Å². The first kappa shape index (κ1) is 18.0. The van der Waals surface area contributed by atoms with E-state index < -0.39 is 0 Å². The van der Waals surface area contributed by atoms with E-state index in [0.717, 1.165) is 18.6 Å². The van der Waals surface area contributed by atoms with Gasteiger partial charge >= 0.3 is 0 Å². The number of amides is 1. The van der Waals surface area contributed by atoms with Crippen molar-refractivity contribution >= 4 is 5.91 Å². The van der Waals surface area contributed by atoms with Crippen LogP contribution in [0.25, 0.3) is 0 Å². The van der Waals surface area contributed by atoms with Crippen molar-refractivity contribution in [3.8, 4) is 5.75 Å². The summed E-state index contributed by atoms with van der Waals surface area (Å²) in [5.41, 5.74) is 1.27. The van der Waals surface area contributed by atoms with Crippen LogP contribution < -0.4 is 4.74 Å². The fourth-order valence-corrected chi connectivity index (χ4v) is 2.21. The lowest BCUT2D eigenvalue weighted by molar-refractivity contribution is -0.129. The Morgan fingerprint density at radius 2 is 2.00 bits per heavy atom. The zero-order valence-corrected chi connectivity index (χ0v) is 14.6. The number of nitrogens with zero attached hydrogens (tertiary/aromatic N) is 3. The molecule has 2 rings (SSSR count). The summed E-state index contributed by atoms with van der Waals surface area (Å²) < 4.78 is 10.8. The predicted octanol–water partition coefficient (Wildman–Crippen LogP) is 3.01. The molecule has 0 saturated carbocycles. The monoisotopic (exact) mass is 331 g/mol. The van der Waals surface area contributed by atoms with E-state index in [4.69, 9.17) is 9.26 Å². The van der Waals surface area contributed by atoms with Gasteiger partial charge in [0, 0.05) is 26.4 Å². The van der Waals surface area contributed by atoms with Crippen LogP contribution in [0, 0.1) is 0 Å². The Morgan fingerprint density at radius 3 is 2.67 bits per heavy atom. The third-order valence-corrected chi connectivity index (χ3v) is 3.76. The van der Waals surface area contributed by atoms with Gasteiger partial charge in [-0.15, -0.1) is 0 Å². The number of ether oxygens (including phenoxy) is 1. The molecule has 0 aliphatic heterocycles. The van der Waals surface area contributed by atoms with Gasteiger partial charge in [-0.3, -0.25) is 4.79 Å². The van der Waals surface area contributed by atoms with E-state index in [0.29, 0.717) is 31.1 Å². The van der Waals surface area contributed by atoms with Crippen LogP contribution in [0.15, 0.2) is 28.8 Å². The third-order valence-electron chi connectivity index (χ3n) is 3.76. The Hall–Kier alpha value is -2.37. The minimum absolute atomic E-state index is 0.139. The van der Waals surface area contributed by atoms with Crippen LogP contribution >= 0.6 is 0 Å². The molecule has 6 nitrogen and oxygen atoms in total. The number of aromatic nitrogens is 2. The van der Waals surface area contributed by atoms with Crippen LogP contribution in [0.5, 0.6) is 5.75 Å². The van der Waals surface area contributed by atoms with Gasteiger partial charge in [-0.2, -0.15) is 4.98 Å². The highest BCUT2D eigenvalue weighted by molar-refractivity contribution is 5.75. The molecule has 0 fully saturated rings. The molecule has 0 N–H and O–H groups in total. The summed E-state index contributed by atoms with van der Waals surface area (Å²) >= 11 is 0. The first-order chi connectivity index (χ1) is 11.6. The van der Waals surface area contributed by atoms with Crippen molar-refractivity contribution in [2.75, 3.05) is 13.6 Å². The largest absolute Gasteiger partial charge is 0.484 e. The molecular formula is C18H25N3O3. The first-order valence-corrected chi connectivity index (χ1v) is 8.39. The molecule has 0 aliphatic carbocycles. The van der Waals surface area contributed by atoms with Crippen molar-refractivity contribution in [3.63, 3.8) is 0 Å². The van der Waals surface area contributed by atoms with Gasteiger partial charge < -0.3 is 14.2 Å². The lowest BCUT2D eigenvalue weighted by atomic mass is 10.2. The minimum Gasteiger partial charge on any atom is -0.484 e. The summed E-state index contributed by atoms with van der Waals surface area (Å²) in [7, 11) is 1.79. The SMILES string of the molecule is CCCC(=O)N(C)CCc1noc(COc2ccc(CC)cc2)n1. The second-order valence-electron chi connectivity index (χ2n) is 5.71. The Balaban J connectivity index is 1.79. The Morgan fingerprint density at radius 1 is 1.25 bits per heavy atom. The molecule has 2 aromatic rings. The van der Waals surface area contributed by atoms with Crippen molar-refractivity contribution in [3.05, 3.63) is 41.5 Å². The van der Waals surface area contributed by atoms with E-state index in [9.17, 15) is 4.79 Å². The van der Waals surface area contributed by atoms with Gasteiger partial charge in [0.15, 0.2) is 12.4 Å². The van der Waals surface area contributed by atoms with Crippen molar-refractivity contribution in [1.82, 2.24) is 15.0 Å². The molecular weight excluding hydrogens is 306 g/mol. The number of hydrogen-bond donors (Lipinski definition) is 0. The lowest BCUT2D eigenvalue weighted by Crippen LogP contribution is -2.28. The number of aryl methyl sites for hydroxylation is 1. The number of benzene rings is 1. The number of rotatable bonds is 9. The molecule has 24 heavy (non-hydrogen) atoms. The van der Waals surface area contributed by atoms with E-state index >= 15 is 0 Å². The molecule has 0 bridgehead atoms. The maximum Gasteiger partial charge on any atom is 0.264 e. The molecule has 0 aliphatic rings. The average molecular weight is 331 g/mol. The minimum atomic E-state index is 0.139. The van der Waals surface area contributed by atoms with Crippen LogP contribution in [0.3, 0.4) is 0 Å². The fourth-order valence-electron chi connectivity index (χ4n) is 2.21. The van der Waals surface area contributed by atoms with E-state index in [1.807, 2.05) is 31.2 Å². The van der Waals surface area contributed by atoms with Gasteiger partial charge in [0.05, 0.1) is 0 Å². The van der Waals surface area contributed by atoms with Gasteiger partial charge in [0.1, 0.15) is 5.75 Å². The van der Waals surface area contributed by atoms with E-state index in [-0.39, 0.29) is 12.5 Å². The molecule has 1 aromatic carbocycles. The van der Waals surface area contributed by atoms with Crippen LogP contribution in [0.1, 0.15) is 44.0 Å². The van der Waals surface area contributed by atoms with Crippen LogP contribution in [-0.2, 0) is 24.2 Å². The molecule has 1 heterocycles. The smallest absolute Gasteiger partial charge is 0.264 e. The summed E-state index contributed by atoms with van der Waals surface area (Å²) in [6, 6.07) is 7.95. The van der Waals surface area contributed by atoms with E-state index in [1.165, 1.54) is 5.56 Å². The standard InChI is InChI=1S/C18H25N3O3/c1-4-6-18(22)21(3)12-11-16-19-17(24-20-16)13-23-15-9-7-14(5-2)8-10-15/h7-10H,4-6,11-13H2,1-3H3. The van der Waals surface area contributed by atoms with Crippen molar-refractivity contribution in [1.29, 1.82) is 0 Å². The van der Waals surface area contributed by atoms with E-state index in [2.05, 4.69) is 17.1 Å². The predicted molar refractivity (Wildman–Crippen MR) is 90.7 cm³/mol. The number of hydrogen-bond acceptors (Lipinski definition) is 5. The Bertz CT molecular complexity index is 637. The molecule has 0 atom stereocenters. The Kier molecular flexibility index (Phi) is 6.78. The summed E-state index contributed by atoms with van der Waals surface area (Å²) in [5.74, 6) is 1.94. The van der Waals surface area contributed by atoms with Crippen molar-refractivity contribution in [2.45, 2.75) is 46.1 Å². The first-order valence-electron chi connectivity index (χ1n) is 8.39. The molecule has 1 amide bonds. The summed E-state index contributed by atoms with van der Waals surface area (Å²) in [6.45, 7) is 4.93. The van der Waals surface area contributed by atoms with Crippen molar-refractivity contribution in [2.24, 2.45) is 0 Å². The molecule has 1 aromatic heterocycles. The van der Waals surface area contributed by atoms with Gasteiger partial charge in [-0.25, -0.2) is 0 Å². The number of carbonyl (C=O) groups excluding carboxylic acids is 1. The quantitative estimate of drug-likeness (QED) is 0.706. The zero-order chi connectivity index (χ0) is 17.4. The van der Waals surface area contributed by atoms with Gasteiger partial charge in [0.2, 0.25) is 5.91 Å². The van der Waals surface area contributed by atoms with Crippen LogP contribution in [0.2, 0.25) is 0 Å². The maximum absolute atomic E-state index is 11.7. The zero-order valence-electron chi connectivity index (χ0n) is 14.6. The average Bonchev–Trinajstić information content (AvgIpc) is 3.06. The second-order valence-corrected chi connectivity index (χ2v) is 5.71. The maximum atomic E-state index is 11.7. The summed E-state index contributed by atoms with van der Waals surface area (Å²) in [5, 5.41) is 3.93. The normalized spacial score (nSPS) is 10.6. The van der Waals surface area contributed by atoms with Crippen LogP contribution in [-0.4, -0.2) is 34.5 Å². The molecule has 130 valence electrons. The summed E-state index contributed by atoms with van der Waals surface area (Å²) in [4.78, 5) is 17.7. The van der Waals surface area contributed by atoms with Crippen molar-refractivity contribution < 1.29 is 14.1 Å². The number of likely N-dealkylation sites (N-methyl/N-ethyl adjacent to an activating group) is 1. The summed E-state index contributed by atoms with van der Waals surface area (Å²) in [6.07, 6.45) is 2.99. The molecule has 0 radical (unpaired) electrons. The van der Waals surface area contributed by atoms with E-state index in [1.54, 1.807) is 11.9 Å². The number of carbonyl (C=O) groups is 1. The van der Waals surface area contributed by atoms with Gasteiger partial charge in [-0.1, -0.05) is 31.1 Å². The topological polar surface area (TPSA) is 68.5 Å². The molecule has 6 heteroatoms. The highest BCUT2D eigenvalue weighted by atomic mass is 16.5. The fraction of sp³-hybridized carbons (Fsp3) is 0.500. The lowest BCUT2D eigenvalue weighted by Gasteiger charge is -2.15. The molecule has 0 saturated heterocycles. The highest BCUT2D eigenvalue weighted by Gasteiger charge is 2.11. The molecule has 0 unspecified atom stereocenters. The highest BCUT2D eigenvalue weighted by Crippen LogP contribution is 2.14. The van der Waals surface area contributed by atoms with Gasteiger partial charge in [0.25, 0.3) is 5.89 Å². The molecule has 0 spiro atoms. The van der Waals surface area contributed by atoms with Gasteiger partial charge in [-0.05, 0) is 30.5 Å². The Labute approximate surface area is 142 Å². The second kappa shape index (κ2) is 9.05.